The van der Waals surface area contributed by atoms with Crippen molar-refractivity contribution in [2.24, 2.45) is 0 Å². The van der Waals surface area contributed by atoms with Crippen molar-refractivity contribution in [1.82, 2.24) is 4.72 Å². The molecule has 0 radical (unpaired) electrons. The van der Waals surface area contributed by atoms with Gasteiger partial charge < -0.3 is 5.73 Å². The van der Waals surface area contributed by atoms with E-state index < -0.39 is 10.0 Å². The molecule has 1 aromatic rings. The minimum Gasteiger partial charge on any atom is -0.398 e. The van der Waals surface area contributed by atoms with E-state index in [0.29, 0.717) is 17.8 Å². The molecule has 118 valence electrons. The van der Waals surface area contributed by atoms with E-state index in [0.717, 1.165) is 12.8 Å². The van der Waals surface area contributed by atoms with Crippen molar-refractivity contribution in [2.75, 3.05) is 18.5 Å². The SMILES string of the molecule is CSC1(CNS(=O)(=O)c2cccc(N)c2C)CCCCC1. The minimum atomic E-state index is -3.50. The van der Waals surface area contributed by atoms with Crippen LogP contribution in [-0.4, -0.2) is 26.0 Å². The maximum Gasteiger partial charge on any atom is 0.240 e. The predicted octanol–water partition coefficient (Wildman–Crippen LogP) is 2.92. The van der Waals surface area contributed by atoms with Gasteiger partial charge in [0.25, 0.3) is 0 Å². The third-order valence-corrected chi connectivity index (χ3v) is 7.36. The van der Waals surface area contributed by atoms with Gasteiger partial charge in [0.2, 0.25) is 10.0 Å². The first-order valence-electron chi connectivity index (χ1n) is 7.30. The summed E-state index contributed by atoms with van der Waals surface area (Å²) in [5, 5.41) is 0. The largest absolute Gasteiger partial charge is 0.398 e. The molecule has 1 aromatic carbocycles. The van der Waals surface area contributed by atoms with Crippen LogP contribution in [0.25, 0.3) is 0 Å². The molecule has 4 nitrogen and oxygen atoms in total. The number of nitrogens with two attached hydrogens (primary N) is 1. The fraction of sp³-hybridized carbons (Fsp3) is 0.600. The Hall–Kier alpha value is -0.720. The standard InChI is InChI=1S/C15H24N2O2S2/c1-12-13(16)7-6-8-14(12)21(18,19)17-11-15(20-2)9-4-3-5-10-15/h6-8,17H,3-5,9-11,16H2,1-2H3. The number of sulfonamides is 1. The molecule has 0 heterocycles. The zero-order valence-electron chi connectivity index (χ0n) is 12.7. The number of benzene rings is 1. The molecule has 1 aliphatic rings. The lowest BCUT2D eigenvalue weighted by molar-refractivity contribution is 0.395. The van der Waals surface area contributed by atoms with Crippen LogP contribution in [0.1, 0.15) is 37.7 Å². The topological polar surface area (TPSA) is 72.2 Å². The van der Waals surface area contributed by atoms with Gasteiger partial charge in [0.15, 0.2) is 0 Å². The average molecular weight is 329 g/mol. The highest BCUT2D eigenvalue weighted by Crippen LogP contribution is 2.38. The number of nitrogen functional groups attached to an aromatic ring is 1. The minimum absolute atomic E-state index is 0.0412. The van der Waals surface area contributed by atoms with Crippen LogP contribution in [0.15, 0.2) is 23.1 Å². The van der Waals surface area contributed by atoms with Crippen LogP contribution in [0.2, 0.25) is 0 Å². The summed E-state index contributed by atoms with van der Waals surface area (Å²) in [4.78, 5) is 0.287. The molecule has 1 saturated carbocycles. The number of rotatable bonds is 5. The van der Waals surface area contributed by atoms with E-state index in [4.69, 9.17) is 5.73 Å². The van der Waals surface area contributed by atoms with Gasteiger partial charge in [-0.2, -0.15) is 11.8 Å². The monoisotopic (exact) mass is 328 g/mol. The highest BCUT2D eigenvalue weighted by Gasteiger charge is 2.32. The second kappa shape index (κ2) is 6.58. The summed E-state index contributed by atoms with van der Waals surface area (Å²) < 4.78 is 27.9. The number of thioether (sulfide) groups is 1. The number of nitrogens with one attached hydrogen (secondary N) is 1. The molecule has 1 aliphatic carbocycles. The molecule has 0 aliphatic heterocycles. The Balaban J connectivity index is 2.16. The first-order valence-corrected chi connectivity index (χ1v) is 10.0. The van der Waals surface area contributed by atoms with E-state index in [2.05, 4.69) is 11.0 Å². The van der Waals surface area contributed by atoms with Gasteiger partial charge in [-0.25, -0.2) is 13.1 Å². The van der Waals surface area contributed by atoms with Crippen LogP contribution in [0.3, 0.4) is 0 Å². The molecule has 3 N–H and O–H groups in total. The van der Waals surface area contributed by atoms with Crippen molar-refractivity contribution in [2.45, 2.75) is 48.7 Å². The lowest BCUT2D eigenvalue weighted by Gasteiger charge is -2.35. The first-order chi connectivity index (χ1) is 9.90. The van der Waals surface area contributed by atoms with Crippen molar-refractivity contribution in [3.05, 3.63) is 23.8 Å². The van der Waals surface area contributed by atoms with Gasteiger partial charge in [-0.1, -0.05) is 25.3 Å². The van der Waals surface area contributed by atoms with Crippen molar-refractivity contribution >= 4 is 27.5 Å². The van der Waals surface area contributed by atoms with Gasteiger partial charge in [0.1, 0.15) is 0 Å². The zero-order valence-corrected chi connectivity index (χ0v) is 14.3. The Labute approximate surface area is 131 Å². The van der Waals surface area contributed by atoms with Gasteiger partial charge >= 0.3 is 0 Å². The Morgan fingerprint density at radius 1 is 1.29 bits per heavy atom. The van der Waals surface area contributed by atoms with Crippen LogP contribution in [-0.2, 0) is 10.0 Å². The van der Waals surface area contributed by atoms with Crippen LogP contribution < -0.4 is 10.5 Å². The molecule has 0 saturated heterocycles. The summed E-state index contributed by atoms with van der Waals surface area (Å²) in [7, 11) is -3.50. The van der Waals surface area contributed by atoms with E-state index in [1.807, 2.05) is 0 Å². The molecule has 1 fully saturated rings. The molecule has 2 rings (SSSR count). The Morgan fingerprint density at radius 3 is 2.57 bits per heavy atom. The van der Waals surface area contributed by atoms with Gasteiger partial charge in [0.05, 0.1) is 4.90 Å². The summed E-state index contributed by atoms with van der Waals surface area (Å²) in [5.74, 6) is 0. The molecule has 0 unspecified atom stereocenters. The maximum atomic E-state index is 12.5. The summed E-state index contributed by atoms with van der Waals surface area (Å²) in [6, 6.07) is 5.02. The van der Waals surface area contributed by atoms with Crippen LogP contribution in [0, 0.1) is 6.92 Å². The highest BCUT2D eigenvalue weighted by atomic mass is 32.2. The average Bonchev–Trinajstić information content (AvgIpc) is 2.49. The molecule has 21 heavy (non-hydrogen) atoms. The smallest absolute Gasteiger partial charge is 0.240 e. The molecule has 0 aromatic heterocycles. The van der Waals surface area contributed by atoms with Crippen LogP contribution in [0.4, 0.5) is 5.69 Å². The lowest BCUT2D eigenvalue weighted by Crippen LogP contribution is -2.41. The van der Waals surface area contributed by atoms with Gasteiger partial charge in [0, 0.05) is 17.0 Å². The number of hydrogen-bond donors (Lipinski definition) is 2. The molecule has 6 heteroatoms. The third-order valence-electron chi connectivity index (χ3n) is 4.40. The molecular weight excluding hydrogens is 304 g/mol. The van der Waals surface area contributed by atoms with Crippen LogP contribution >= 0.6 is 11.8 Å². The fourth-order valence-corrected chi connectivity index (χ4v) is 5.28. The summed E-state index contributed by atoms with van der Waals surface area (Å²) in [5.41, 5.74) is 6.94. The lowest BCUT2D eigenvalue weighted by atomic mass is 9.88. The van der Waals surface area contributed by atoms with Gasteiger partial charge in [-0.15, -0.1) is 0 Å². The molecule has 0 amide bonds. The Kier molecular flexibility index (Phi) is 5.22. The normalized spacial score (nSPS) is 18.6. The highest BCUT2D eigenvalue weighted by molar-refractivity contribution is 8.00. The van der Waals surface area contributed by atoms with E-state index in [1.165, 1.54) is 19.3 Å². The predicted molar refractivity (Wildman–Crippen MR) is 90.1 cm³/mol. The van der Waals surface area contributed by atoms with Crippen molar-refractivity contribution in [3.63, 3.8) is 0 Å². The molecule has 0 bridgehead atoms. The number of anilines is 1. The molecular formula is C15H24N2O2S2. The zero-order chi connectivity index (χ0) is 15.5. The third kappa shape index (κ3) is 3.73. The second-order valence-electron chi connectivity index (χ2n) is 5.74. The van der Waals surface area contributed by atoms with Gasteiger partial charge in [-0.3, -0.25) is 0 Å². The first kappa shape index (κ1) is 16.6. The summed E-state index contributed by atoms with van der Waals surface area (Å²) in [6.07, 6.45) is 7.84. The molecule has 0 atom stereocenters. The second-order valence-corrected chi connectivity index (χ2v) is 8.75. The summed E-state index contributed by atoms with van der Waals surface area (Å²) in [6.45, 7) is 2.24. The number of hydrogen-bond acceptors (Lipinski definition) is 4. The van der Waals surface area contributed by atoms with E-state index in [9.17, 15) is 8.42 Å². The maximum absolute atomic E-state index is 12.5. The summed E-state index contributed by atoms with van der Waals surface area (Å²) >= 11 is 1.78. The van der Waals surface area contributed by atoms with Crippen molar-refractivity contribution in [1.29, 1.82) is 0 Å². The molecule has 0 spiro atoms. The fourth-order valence-electron chi connectivity index (χ4n) is 2.88. The quantitative estimate of drug-likeness (QED) is 0.815. The van der Waals surface area contributed by atoms with E-state index >= 15 is 0 Å². The Bertz CT molecular complexity index is 594. The van der Waals surface area contributed by atoms with Crippen molar-refractivity contribution in [3.8, 4) is 0 Å². The van der Waals surface area contributed by atoms with E-state index in [-0.39, 0.29) is 9.64 Å². The van der Waals surface area contributed by atoms with Crippen molar-refractivity contribution < 1.29 is 8.42 Å². The van der Waals surface area contributed by atoms with Crippen LogP contribution in [0.5, 0.6) is 0 Å². The van der Waals surface area contributed by atoms with Gasteiger partial charge in [-0.05, 0) is 43.7 Å². The Morgan fingerprint density at radius 2 is 1.95 bits per heavy atom. The van der Waals surface area contributed by atoms with E-state index in [1.54, 1.807) is 36.9 Å².